The van der Waals surface area contributed by atoms with E-state index in [1.165, 1.54) is 0 Å². The zero-order chi connectivity index (χ0) is 13.1. The summed E-state index contributed by atoms with van der Waals surface area (Å²) in [5, 5.41) is 7.65. The Labute approximate surface area is 108 Å². The maximum absolute atomic E-state index is 12.4. The van der Waals surface area contributed by atoms with E-state index in [4.69, 9.17) is 0 Å². The van der Waals surface area contributed by atoms with Gasteiger partial charge in [-0.25, -0.2) is 0 Å². The molecule has 1 N–H and O–H groups in total. The van der Waals surface area contributed by atoms with Gasteiger partial charge in [-0.1, -0.05) is 6.92 Å². The van der Waals surface area contributed by atoms with E-state index < -0.39 is 0 Å². The van der Waals surface area contributed by atoms with Crippen LogP contribution in [0.4, 0.5) is 0 Å². The summed E-state index contributed by atoms with van der Waals surface area (Å²) in [6.45, 7) is 4.04. The van der Waals surface area contributed by atoms with Crippen LogP contribution in [0.5, 0.6) is 0 Å². The summed E-state index contributed by atoms with van der Waals surface area (Å²) in [7, 11) is 3.74. The van der Waals surface area contributed by atoms with Gasteiger partial charge in [-0.05, 0) is 38.4 Å². The molecule has 1 fully saturated rings. The first-order chi connectivity index (χ1) is 8.63. The topological polar surface area (TPSA) is 50.2 Å². The molecular formula is C13H22N4O. The monoisotopic (exact) mass is 250 g/mol. The van der Waals surface area contributed by atoms with Crippen molar-refractivity contribution in [1.29, 1.82) is 0 Å². The Hall–Kier alpha value is -1.36. The van der Waals surface area contributed by atoms with E-state index in [0.717, 1.165) is 38.0 Å². The summed E-state index contributed by atoms with van der Waals surface area (Å²) in [5.41, 5.74) is 1.66. The number of rotatable bonds is 3. The van der Waals surface area contributed by atoms with Crippen LogP contribution in [0.3, 0.4) is 0 Å². The lowest BCUT2D eigenvalue weighted by Gasteiger charge is -2.31. The van der Waals surface area contributed by atoms with E-state index in [-0.39, 0.29) is 5.91 Å². The highest BCUT2D eigenvalue weighted by Gasteiger charge is 2.24. The van der Waals surface area contributed by atoms with Crippen LogP contribution in [0.2, 0.25) is 0 Å². The fraction of sp³-hybridized carbons (Fsp3) is 0.692. The first-order valence-electron chi connectivity index (χ1n) is 6.64. The van der Waals surface area contributed by atoms with Gasteiger partial charge in [0.1, 0.15) is 5.69 Å². The van der Waals surface area contributed by atoms with E-state index in [1.807, 2.05) is 32.0 Å². The van der Waals surface area contributed by atoms with Crippen molar-refractivity contribution in [3.05, 3.63) is 17.5 Å². The quantitative estimate of drug-likeness (QED) is 0.863. The van der Waals surface area contributed by atoms with Crippen LogP contribution in [0.25, 0.3) is 0 Å². The number of aromatic nitrogens is 2. The van der Waals surface area contributed by atoms with Gasteiger partial charge in [-0.3, -0.25) is 9.48 Å². The molecule has 1 aliphatic heterocycles. The van der Waals surface area contributed by atoms with E-state index >= 15 is 0 Å². The average molecular weight is 250 g/mol. The van der Waals surface area contributed by atoms with Crippen LogP contribution >= 0.6 is 0 Å². The molecule has 1 aliphatic rings. The molecule has 5 heteroatoms. The Morgan fingerprint density at radius 3 is 2.78 bits per heavy atom. The Morgan fingerprint density at radius 1 is 1.56 bits per heavy atom. The van der Waals surface area contributed by atoms with Crippen molar-refractivity contribution in [2.75, 3.05) is 20.1 Å². The van der Waals surface area contributed by atoms with Gasteiger partial charge in [0, 0.05) is 20.1 Å². The second-order valence-corrected chi connectivity index (χ2v) is 4.90. The van der Waals surface area contributed by atoms with Crippen LogP contribution in [-0.4, -0.2) is 46.8 Å². The second kappa shape index (κ2) is 5.52. The van der Waals surface area contributed by atoms with Crippen LogP contribution in [0.15, 0.2) is 6.07 Å². The lowest BCUT2D eigenvalue weighted by Crippen LogP contribution is -2.44. The number of carbonyl (C=O) groups excluding carboxylic acids is 1. The van der Waals surface area contributed by atoms with Crippen LogP contribution in [0, 0.1) is 0 Å². The number of nitrogens with zero attached hydrogens (tertiary/aromatic N) is 3. The number of piperidine rings is 1. The van der Waals surface area contributed by atoms with Crippen molar-refractivity contribution in [1.82, 2.24) is 20.0 Å². The lowest BCUT2D eigenvalue weighted by molar-refractivity contribution is 0.0692. The maximum atomic E-state index is 12.4. The minimum absolute atomic E-state index is 0.0802. The molecule has 0 atom stereocenters. The first kappa shape index (κ1) is 13.1. The maximum Gasteiger partial charge on any atom is 0.272 e. The highest BCUT2D eigenvalue weighted by Crippen LogP contribution is 2.14. The zero-order valence-electron chi connectivity index (χ0n) is 11.4. The number of carbonyl (C=O) groups is 1. The molecule has 0 radical (unpaired) electrons. The zero-order valence-corrected chi connectivity index (χ0v) is 11.4. The van der Waals surface area contributed by atoms with Gasteiger partial charge in [0.15, 0.2) is 0 Å². The predicted molar refractivity (Wildman–Crippen MR) is 70.6 cm³/mol. The van der Waals surface area contributed by atoms with Gasteiger partial charge in [0.2, 0.25) is 0 Å². The third-order valence-corrected chi connectivity index (χ3v) is 3.69. The fourth-order valence-electron chi connectivity index (χ4n) is 2.44. The van der Waals surface area contributed by atoms with Gasteiger partial charge in [-0.15, -0.1) is 0 Å². The second-order valence-electron chi connectivity index (χ2n) is 4.90. The summed E-state index contributed by atoms with van der Waals surface area (Å²) in [6, 6.07) is 2.25. The third-order valence-electron chi connectivity index (χ3n) is 3.69. The summed E-state index contributed by atoms with van der Waals surface area (Å²) in [4.78, 5) is 14.3. The molecule has 2 heterocycles. The molecule has 0 aliphatic carbocycles. The number of amides is 1. The third kappa shape index (κ3) is 2.56. The van der Waals surface area contributed by atoms with E-state index in [0.29, 0.717) is 11.7 Å². The summed E-state index contributed by atoms with van der Waals surface area (Å²) in [6.07, 6.45) is 2.92. The van der Waals surface area contributed by atoms with Crippen molar-refractivity contribution < 1.29 is 4.79 Å². The summed E-state index contributed by atoms with van der Waals surface area (Å²) in [5.74, 6) is 0.0802. The van der Waals surface area contributed by atoms with E-state index in [2.05, 4.69) is 10.4 Å². The smallest absolute Gasteiger partial charge is 0.272 e. The average Bonchev–Trinajstić information content (AvgIpc) is 2.79. The van der Waals surface area contributed by atoms with Gasteiger partial charge < -0.3 is 10.2 Å². The fourth-order valence-corrected chi connectivity index (χ4v) is 2.44. The molecule has 0 unspecified atom stereocenters. The highest BCUT2D eigenvalue weighted by atomic mass is 16.2. The van der Waals surface area contributed by atoms with Crippen LogP contribution in [-0.2, 0) is 13.5 Å². The Bertz CT molecular complexity index is 421. The summed E-state index contributed by atoms with van der Waals surface area (Å²) < 4.78 is 1.69. The molecule has 1 aromatic heterocycles. The Morgan fingerprint density at radius 2 is 2.22 bits per heavy atom. The largest absolute Gasteiger partial charge is 0.337 e. The summed E-state index contributed by atoms with van der Waals surface area (Å²) >= 11 is 0. The van der Waals surface area contributed by atoms with Crippen molar-refractivity contribution in [3.8, 4) is 0 Å². The Balaban J connectivity index is 2.11. The molecule has 1 aromatic rings. The van der Waals surface area contributed by atoms with E-state index in [9.17, 15) is 4.79 Å². The molecule has 0 bridgehead atoms. The van der Waals surface area contributed by atoms with Crippen molar-refractivity contribution in [2.24, 2.45) is 7.05 Å². The van der Waals surface area contributed by atoms with Crippen molar-refractivity contribution in [2.45, 2.75) is 32.2 Å². The SMILES string of the molecule is CCc1cc(C(=O)N(C)C2CCNCC2)n(C)n1. The lowest BCUT2D eigenvalue weighted by atomic mass is 10.1. The minimum Gasteiger partial charge on any atom is -0.337 e. The number of hydrogen-bond donors (Lipinski definition) is 1. The van der Waals surface area contributed by atoms with Crippen LogP contribution in [0.1, 0.15) is 35.9 Å². The molecular weight excluding hydrogens is 228 g/mol. The first-order valence-corrected chi connectivity index (χ1v) is 6.64. The number of hydrogen-bond acceptors (Lipinski definition) is 3. The van der Waals surface area contributed by atoms with Gasteiger partial charge in [0.25, 0.3) is 5.91 Å². The molecule has 0 spiro atoms. The highest BCUT2D eigenvalue weighted by molar-refractivity contribution is 5.92. The molecule has 100 valence electrons. The van der Waals surface area contributed by atoms with Crippen molar-refractivity contribution >= 4 is 5.91 Å². The normalized spacial score (nSPS) is 16.8. The molecule has 0 aromatic carbocycles. The van der Waals surface area contributed by atoms with Gasteiger partial charge in [0.05, 0.1) is 5.69 Å². The number of aryl methyl sites for hydroxylation is 2. The minimum atomic E-state index is 0.0802. The van der Waals surface area contributed by atoms with Gasteiger partial charge in [-0.2, -0.15) is 5.10 Å². The number of nitrogens with one attached hydrogen (secondary N) is 1. The molecule has 5 nitrogen and oxygen atoms in total. The van der Waals surface area contributed by atoms with E-state index in [1.54, 1.807) is 4.68 Å². The van der Waals surface area contributed by atoms with Crippen molar-refractivity contribution in [3.63, 3.8) is 0 Å². The molecule has 18 heavy (non-hydrogen) atoms. The molecule has 1 amide bonds. The van der Waals surface area contributed by atoms with Crippen LogP contribution < -0.4 is 5.32 Å². The molecule has 1 saturated heterocycles. The molecule has 0 saturated carbocycles. The molecule has 2 rings (SSSR count). The standard InChI is InChI=1S/C13H22N4O/c1-4-10-9-12(17(3)15-10)13(18)16(2)11-5-7-14-8-6-11/h9,11,14H,4-8H2,1-3H3. The Kier molecular flexibility index (Phi) is 4.01. The van der Waals surface area contributed by atoms with Gasteiger partial charge >= 0.3 is 0 Å². The predicted octanol–water partition coefficient (Wildman–Crippen LogP) is 0.806.